The first-order valence-electron chi connectivity index (χ1n) is 7.30. The number of aliphatic hydroxyl groups excluding tert-OH is 2. The molecule has 3 heterocycles. The van der Waals surface area contributed by atoms with E-state index in [0.29, 0.717) is 0 Å². The second-order valence-electron chi connectivity index (χ2n) is 5.37. The number of hydrogen-bond acceptors (Lipinski definition) is 8. The van der Waals surface area contributed by atoms with Gasteiger partial charge in [-0.05, 0) is 5.53 Å². The van der Waals surface area contributed by atoms with E-state index in [2.05, 4.69) is 20.2 Å². The predicted octanol–water partition coefficient (Wildman–Crippen LogP) is -0.357. The first-order chi connectivity index (χ1) is 12.1. The third kappa shape index (κ3) is 3.19. The van der Waals surface area contributed by atoms with Crippen molar-refractivity contribution in [1.82, 2.24) is 14.7 Å². The largest absolute Gasteiger partial charge is 0.394 e. The Morgan fingerprint density at radius 2 is 2.28 bits per heavy atom. The van der Waals surface area contributed by atoms with E-state index in [-0.39, 0.29) is 36.7 Å². The molecule has 1 aliphatic rings. The molecule has 1 unspecified atom stereocenters. The van der Waals surface area contributed by atoms with Gasteiger partial charge in [0.15, 0.2) is 5.76 Å². The van der Waals surface area contributed by atoms with Gasteiger partial charge in [0.05, 0.1) is 24.3 Å². The molecule has 1 saturated heterocycles. The quantitative estimate of drug-likeness (QED) is 0.374. The fraction of sp³-hybridized carbons (Fsp3) is 0.462. The summed E-state index contributed by atoms with van der Waals surface area (Å²) < 4.78 is 11.5. The summed E-state index contributed by atoms with van der Waals surface area (Å²) in [6.07, 6.45) is -0.185. The van der Waals surface area contributed by atoms with Crippen molar-refractivity contribution in [2.45, 2.75) is 31.4 Å². The maximum Gasteiger partial charge on any atom is 0.330 e. The van der Waals surface area contributed by atoms with Crippen molar-refractivity contribution in [3.8, 4) is 11.3 Å². The highest BCUT2D eigenvalue weighted by Gasteiger charge is 2.36. The number of aromatic amines is 1. The first-order valence-corrected chi connectivity index (χ1v) is 7.30. The van der Waals surface area contributed by atoms with Crippen LogP contribution < -0.4 is 11.2 Å². The van der Waals surface area contributed by atoms with Crippen molar-refractivity contribution in [1.29, 1.82) is 0 Å². The molecule has 25 heavy (non-hydrogen) atoms. The minimum atomic E-state index is -0.833. The lowest BCUT2D eigenvalue weighted by Crippen LogP contribution is -2.33. The molecule has 12 nitrogen and oxygen atoms in total. The van der Waals surface area contributed by atoms with Crippen LogP contribution in [0.15, 0.2) is 31.5 Å². The van der Waals surface area contributed by atoms with Gasteiger partial charge in [0.2, 0.25) is 0 Å². The van der Waals surface area contributed by atoms with Crippen molar-refractivity contribution in [2.24, 2.45) is 5.11 Å². The van der Waals surface area contributed by atoms with Gasteiger partial charge in [-0.1, -0.05) is 10.3 Å². The first kappa shape index (κ1) is 16.9. The molecule has 0 bridgehead atoms. The van der Waals surface area contributed by atoms with E-state index in [0.717, 1.165) is 4.57 Å². The van der Waals surface area contributed by atoms with E-state index in [1.165, 1.54) is 12.3 Å². The van der Waals surface area contributed by atoms with Crippen LogP contribution in [0.2, 0.25) is 0 Å². The molecule has 0 aromatic carbocycles. The van der Waals surface area contributed by atoms with Crippen molar-refractivity contribution in [3.63, 3.8) is 0 Å². The van der Waals surface area contributed by atoms with Gasteiger partial charge in [-0.3, -0.25) is 14.3 Å². The Morgan fingerprint density at radius 1 is 1.48 bits per heavy atom. The van der Waals surface area contributed by atoms with Crippen molar-refractivity contribution in [3.05, 3.63) is 49.3 Å². The second-order valence-corrected chi connectivity index (χ2v) is 5.37. The molecule has 2 aromatic rings. The van der Waals surface area contributed by atoms with Gasteiger partial charge < -0.3 is 19.5 Å². The fourth-order valence-electron chi connectivity index (χ4n) is 2.63. The van der Waals surface area contributed by atoms with Crippen LogP contribution in [0, 0.1) is 0 Å². The van der Waals surface area contributed by atoms with Gasteiger partial charge in [-0.15, -0.1) is 0 Å². The van der Waals surface area contributed by atoms with Crippen LogP contribution in [0.5, 0.6) is 0 Å². The highest BCUT2D eigenvalue weighted by atomic mass is 16.5. The topological polar surface area (TPSA) is 179 Å². The van der Waals surface area contributed by atoms with E-state index < -0.39 is 29.6 Å². The number of aromatic nitrogens is 3. The molecule has 3 atom stereocenters. The molecule has 12 heteroatoms. The highest BCUT2D eigenvalue weighted by molar-refractivity contribution is 5.56. The number of aliphatic hydroxyl groups is 2. The smallest absolute Gasteiger partial charge is 0.330 e. The summed E-state index contributed by atoms with van der Waals surface area (Å²) in [6, 6.07) is 0.726. The molecule has 0 saturated carbocycles. The summed E-state index contributed by atoms with van der Waals surface area (Å²) in [4.78, 5) is 29.0. The molecular weight excluding hydrogens is 336 g/mol. The Bertz CT molecular complexity index is 926. The minimum Gasteiger partial charge on any atom is -0.394 e. The lowest BCUT2D eigenvalue weighted by molar-refractivity contribution is -0.0270. The molecule has 0 amide bonds. The molecule has 0 spiro atoms. The zero-order valence-corrected chi connectivity index (χ0v) is 12.8. The maximum absolute atomic E-state index is 12.1. The van der Waals surface area contributed by atoms with Crippen molar-refractivity contribution < 1.29 is 19.5 Å². The molecule has 1 fully saturated rings. The van der Waals surface area contributed by atoms with E-state index >= 15 is 0 Å². The molecule has 3 N–H and O–H groups in total. The predicted molar refractivity (Wildman–Crippen MR) is 81.3 cm³/mol. The van der Waals surface area contributed by atoms with Crippen LogP contribution in [0.25, 0.3) is 21.7 Å². The van der Waals surface area contributed by atoms with E-state index in [1.54, 1.807) is 0 Å². The molecule has 0 radical (unpaired) electrons. The SMILES string of the molecule is [N-]=[N+]=NC1C[C@H](n2cc(-c3cc(CO)on3)c(=O)[nH]c2=O)O[C@@H]1CO. The van der Waals surface area contributed by atoms with Crippen LogP contribution in [0.1, 0.15) is 18.4 Å². The standard InChI is InChI=1S/C13H14N6O6/c14-18-16-9-2-11(24-10(9)5-21)19-3-7(12(22)15-13(19)23)8-1-6(4-20)25-17-8/h1,3,9-11,20-21H,2,4-5H2,(H,15,22,23)/t9?,10-,11-/m1/s1. The normalized spacial score (nSPS) is 22.7. The zero-order chi connectivity index (χ0) is 18.0. The number of hydrogen-bond donors (Lipinski definition) is 3. The Hall–Kier alpha value is -2.92. The van der Waals surface area contributed by atoms with Gasteiger partial charge in [0.25, 0.3) is 5.56 Å². The van der Waals surface area contributed by atoms with E-state index in [9.17, 15) is 14.7 Å². The summed E-state index contributed by atoms with van der Waals surface area (Å²) in [6.45, 7) is -0.767. The summed E-state index contributed by atoms with van der Waals surface area (Å²) in [5.41, 5.74) is 7.36. The Morgan fingerprint density at radius 3 is 2.92 bits per heavy atom. The molecule has 132 valence electrons. The van der Waals surface area contributed by atoms with Gasteiger partial charge >= 0.3 is 5.69 Å². The summed E-state index contributed by atoms with van der Waals surface area (Å²) in [5.74, 6) is 0.160. The van der Waals surface area contributed by atoms with Crippen molar-refractivity contribution in [2.75, 3.05) is 6.61 Å². The second kappa shape index (κ2) is 6.91. The highest BCUT2D eigenvalue weighted by Crippen LogP contribution is 2.30. The summed E-state index contributed by atoms with van der Waals surface area (Å²) in [7, 11) is 0. The van der Waals surface area contributed by atoms with Crippen LogP contribution in [0.4, 0.5) is 0 Å². The Balaban J connectivity index is 2.00. The Kier molecular flexibility index (Phi) is 4.67. The lowest BCUT2D eigenvalue weighted by atomic mass is 10.1. The average molecular weight is 350 g/mol. The van der Waals surface area contributed by atoms with Crippen LogP contribution in [-0.4, -0.2) is 43.7 Å². The summed E-state index contributed by atoms with van der Waals surface area (Å²) >= 11 is 0. The minimum absolute atomic E-state index is 0.0411. The molecular formula is C13H14N6O6. The van der Waals surface area contributed by atoms with Crippen molar-refractivity contribution >= 4 is 0 Å². The monoisotopic (exact) mass is 350 g/mol. The Labute approximate surface area is 138 Å². The fourth-order valence-corrected chi connectivity index (χ4v) is 2.63. The molecule has 3 rings (SSSR count). The molecule has 0 aliphatic carbocycles. The number of rotatable bonds is 5. The van der Waals surface area contributed by atoms with Gasteiger partial charge in [0.1, 0.15) is 18.5 Å². The third-order valence-corrected chi connectivity index (χ3v) is 3.85. The van der Waals surface area contributed by atoms with E-state index in [1.807, 2.05) is 0 Å². The van der Waals surface area contributed by atoms with E-state index in [4.69, 9.17) is 19.9 Å². The number of nitrogens with one attached hydrogen (secondary N) is 1. The van der Waals surface area contributed by atoms with Crippen LogP contribution >= 0.6 is 0 Å². The average Bonchev–Trinajstić information content (AvgIpc) is 3.22. The zero-order valence-electron chi connectivity index (χ0n) is 12.8. The number of azide groups is 1. The van der Waals surface area contributed by atoms with Crippen LogP contribution in [-0.2, 0) is 11.3 Å². The van der Waals surface area contributed by atoms with Crippen LogP contribution in [0.3, 0.4) is 0 Å². The molecule has 2 aromatic heterocycles. The maximum atomic E-state index is 12.1. The lowest BCUT2D eigenvalue weighted by Gasteiger charge is -2.15. The third-order valence-electron chi connectivity index (χ3n) is 3.85. The summed E-state index contributed by atoms with van der Waals surface area (Å²) in [5, 5.41) is 25.5. The van der Waals surface area contributed by atoms with Gasteiger partial charge in [-0.2, -0.15) is 0 Å². The number of ether oxygens (including phenoxy) is 1. The van der Waals surface area contributed by atoms with Gasteiger partial charge in [0, 0.05) is 23.6 Å². The molecule has 1 aliphatic heterocycles. The number of H-pyrrole nitrogens is 1. The van der Waals surface area contributed by atoms with Gasteiger partial charge in [-0.25, -0.2) is 4.79 Å². The number of nitrogens with zero attached hydrogens (tertiary/aromatic N) is 5.